The lowest BCUT2D eigenvalue weighted by molar-refractivity contribution is 0.0761. The van der Waals surface area contributed by atoms with Gasteiger partial charge in [-0.1, -0.05) is 66.2 Å². The molecular weight excluding hydrogens is 412 g/mol. The third-order valence-corrected chi connectivity index (χ3v) is 5.87. The van der Waals surface area contributed by atoms with Crippen molar-refractivity contribution < 1.29 is 14.6 Å². The van der Waals surface area contributed by atoms with E-state index in [1.165, 1.54) is 5.56 Å². The number of hydrogen-bond acceptors (Lipinski definition) is 4. The van der Waals surface area contributed by atoms with Gasteiger partial charge in [-0.2, -0.15) is 0 Å². The molecule has 6 heteroatoms. The second-order valence-electron chi connectivity index (χ2n) is 7.77. The van der Waals surface area contributed by atoms with Crippen LogP contribution in [-0.4, -0.2) is 40.5 Å². The zero-order chi connectivity index (χ0) is 21.2. The largest absolute Gasteiger partial charge is 0.473 e. The Balaban J connectivity index is 1.37. The summed E-state index contributed by atoms with van der Waals surface area (Å²) in [6, 6.07) is 22.3. The predicted octanol–water partition coefficient (Wildman–Crippen LogP) is 5.47. The molecule has 3 heterocycles. The molecular formula is C25H23ClN2O3. The number of halogens is 1. The van der Waals surface area contributed by atoms with Crippen molar-refractivity contribution in [3.8, 4) is 28.3 Å². The molecule has 31 heavy (non-hydrogen) atoms. The molecule has 0 saturated carbocycles. The van der Waals surface area contributed by atoms with Gasteiger partial charge in [0, 0.05) is 24.7 Å². The summed E-state index contributed by atoms with van der Waals surface area (Å²) in [5, 5.41) is 9.65. The first-order valence-electron chi connectivity index (χ1n) is 10.4. The first-order valence-corrected chi connectivity index (χ1v) is 10.8. The highest BCUT2D eigenvalue weighted by Crippen LogP contribution is 2.33. The van der Waals surface area contributed by atoms with Gasteiger partial charge in [-0.3, -0.25) is 0 Å². The molecule has 0 amide bonds. The van der Waals surface area contributed by atoms with Gasteiger partial charge in [0.1, 0.15) is 6.10 Å². The molecule has 1 fully saturated rings. The summed E-state index contributed by atoms with van der Waals surface area (Å²) in [4.78, 5) is 8.02. The number of hydrogen-bond donors (Lipinski definition) is 2. The Morgan fingerprint density at radius 2 is 1.77 bits per heavy atom. The summed E-state index contributed by atoms with van der Waals surface area (Å²) >= 11 is 6.56. The van der Waals surface area contributed by atoms with Crippen molar-refractivity contribution in [3.05, 3.63) is 71.8 Å². The Bertz CT molecular complexity index is 1170. The minimum absolute atomic E-state index is 0.0370. The first kappa shape index (κ1) is 20.1. The number of aromatic amines is 1. The smallest absolute Gasteiger partial charge is 0.193 e. The minimum Gasteiger partial charge on any atom is -0.473 e. The lowest BCUT2D eigenvalue weighted by Crippen LogP contribution is -2.16. The lowest BCUT2D eigenvalue weighted by Gasteiger charge is -2.09. The van der Waals surface area contributed by atoms with E-state index in [9.17, 15) is 0 Å². The second kappa shape index (κ2) is 8.71. The fraction of sp³-hybridized carbons (Fsp3) is 0.240. The second-order valence-corrected chi connectivity index (χ2v) is 8.18. The van der Waals surface area contributed by atoms with E-state index in [0.29, 0.717) is 23.9 Å². The molecule has 5 nitrogen and oxygen atoms in total. The predicted molar refractivity (Wildman–Crippen MR) is 122 cm³/mol. The molecule has 2 aromatic heterocycles. The van der Waals surface area contributed by atoms with E-state index in [0.717, 1.165) is 34.3 Å². The van der Waals surface area contributed by atoms with Crippen LogP contribution in [0, 0.1) is 0 Å². The monoisotopic (exact) mass is 434 g/mol. The third kappa shape index (κ3) is 4.30. The van der Waals surface area contributed by atoms with Crippen LogP contribution in [0.25, 0.3) is 33.4 Å². The fourth-order valence-corrected chi connectivity index (χ4v) is 4.26. The zero-order valence-electron chi connectivity index (χ0n) is 16.9. The Morgan fingerprint density at radius 1 is 1.03 bits per heavy atom. The number of aliphatic hydroxyl groups excluding tert-OH is 1. The Labute approximate surface area is 185 Å². The van der Waals surface area contributed by atoms with Crippen LogP contribution in [0.2, 0.25) is 5.02 Å². The molecule has 2 N–H and O–H groups in total. The topological polar surface area (TPSA) is 67.4 Å². The van der Waals surface area contributed by atoms with E-state index in [2.05, 4.69) is 29.2 Å². The Hall–Kier alpha value is -2.86. The SMILES string of the molecule is OCC[C@@H]1C[C@H](Oc2cc3nc(-c4ccc(-c5ccccc5)cc4)c(Cl)cc3[nH]2)CO1. The van der Waals surface area contributed by atoms with Gasteiger partial charge >= 0.3 is 0 Å². The van der Waals surface area contributed by atoms with Crippen LogP contribution in [0.1, 0.15) is 12.8 Å². The fourth-order valence-electron chi connectivity index (χ4n) is 4.00. The van der Waals surface area contributed by atoms with E-state index in [-0.39, 0.29) is 18.8 Å². The van der Waals surface area contributed by atoms with Gasteiger partial charge in [0.25, 0.3) is 0 Å². The maximum absolute atomic E-state index is 9.07. The number of aliphatic hydroxyl groups is 1. The van der Waals surface area contributed by atoms with Crippen LogP contribution < -0.4 is 4.74 Å². The molecule has 5 rings (SSSR count). The molecule has 0 spiro atoms. The zero-order valence-corrected chi connectivity index (χ0v) is 17.7. The van der Waals surface area contributed by atoms with Crippen molar-refractivity contribution >= 4 is 22.6 Å². The summed E-state index contributed by atoms with van der Waals surface area (Å²) in [6.07, 6.45) is 1.42. The van der Waals surface area contributed by atoms with E-state index in [1.54, 1.807) is 0 Å². The quantitative estimate of drug-likeness (QED) is 0.422. The average Bonchev–Trinajstić information content (AvgIpc) is 3.40. The maximum Gasteiger partial charge on any atom is 0.193 e. The number of nitrogens with one attached hydrogen (secondary N) is 1. The molecule has 0 aliphatic carbocycles. The van der Waals surface area contributed by atoms with E-state index >= 15 is 0 Å². The molecule has 2 aromatic carbocycles. The van der Waals surface area contributed by atoms with Gasteiger partial charge in [0.15, 0.2) is 5.88 Å². The molecule has 2 atom stereocenters. The number of benzene rings is 2. The highest BCUT2D eigenvalue weighted by Gasteiger charge is 2.27. The number of pyridine rings is 1. The normalized spacial score (nSPS) is 18.5. The van der Waals surface area contributed by atoms with Gasteiger partial charge in [0.2, 0.25) is 0 Å². The number of ether oxygens (including phenoxy) is 2. The maximum atomic E-state index is 9.07. The molecule has 158 valence electrons. The standard InChI is InChI=1S/C25H23ClN2O3/c26-21-13-22-23(14-24(27-22)31-20-12-19(10-11-29)30-15-20)28-25(21)18-8-6-17(7-9-18)16-4-2-1-3-5-16/h1-9,13-14,19-20,27,29H,10-12,15H2/t19-,20+/m1/s1. The molecule has 1 aliphatic rings. The highest BCUT2D eigenvalue weighted by atomic mass is 35.5. The van der Waals surface area contributed by atoms with Gasteiger partial charge in [-0.25, -0.2) is 4.98 Å². The van der Waals surface area contributed by atoms with Crippen molar-refractivity contribution in [2.45, 2.75) is 25.0 Å². The molecule has 1 saturated heterocycles. The van der Waals surface area contributed by atoms with Crippen molar-refractivity contribution in [1.29, 1.82) is 0 Å². The summed E-state index contributed by atoms with van der Waals surface area (Å²) in [6.45, 7) is 0.647. The Kier molecular flexibility index (Phi) is 5.64. The molecule has 0 unspecified atom stereocenters. The van der Waals surface area contributed by atoms with Crippen LogP contribution in [0.5, 0.6) is 5.88 Å². The highest BCUT2D eigenvalue weighted by molar-refractivity contribution is 6.33. The lowest BCUT2D eigenvalue weighted by atomic mass is 10.0. The number of fused-ring (bicyclic) bond motifs is 1. The molecule has 0 bridgehead atoms. The average molecular weight is 435 g/mol. The van der Waals surface area contributed by atoms with Gasteiger partial charge < -0.3 is 19.6 Å². The number of aromatic nitrogens is 2. The van der Waals surface area contributed by atoms with Gasteiger partial charge in [-0.05, 0) is 23.6 Å². The van der Waals surface area contributed by atoms with E-state index in [1.807, 2.05) is 42.5 Å². The van der Waals surface area contributed by atoms with Crippen molar-refractivity contribution in [3.63, 3.8) is 0 Å². The van der Waals surface area contributed by atoms with Crippen LogP contribution in [0.4, 0.5) is 0 Å². The van der Waals surface area contributed by atoms with Crippen molar-refractivity contribution in [1.82, 2.24) is 9.97 Å². The summed E-state index contributed by atoms with van der Waals surface area (Å²) in [7, 11) is 0. The summed E-state index contributed by atoms with van der Waals surface area (Å²) < 4.78 is 11.7. The van der Waals surface area contributed by atoms with Crippen molar-refractivity contribution in [2.75, 3.05) is 13.2 Å². The van der Waals surface area contributed by atoms with Gasteiger partial charge in [0.05, 0.1) is 34.5 Å². The van der Waals surface area contributed by atoms with E-state index < -0.39 is 0 Å². The number of rotatable bonds is 6. The summed E-state index contributed by atoms with van der Waals surface area (Å²) in [5.74, 6) is 0.647. The molecule has 4 aromatic rings. The van der Waals surface area contributed by atoms with Crippen LogP contribution >= 0.6 is 11.6 Å². The Morgan fingerprint density at radius 3 is 2.55 bits per heavy atom. The minimum atomic E-state index is -0.0370. The van der Waals surface area contributed by atoms with Crippen molar-refractivity contribution in [2.24, 2.45) is 0 Å². The number of nitrogens with zero attached hydrogens (tertiary/aromatic N) is 1. The van der Waals surface area contributed by atoms with Gasteiger partial charge in [-0.15, -0.1) is 0 Å². The number of H-pyrrole nitrogens is 1. The van der Waals surface area contributed by atoms with Crippen LogP contribution in [0.3, 0.4) is 0 Å². The summed E-state index contributed by atoms with van der Waals surface area (Å²) in [5.41, 5.74) is 5.66. The van der Waals surface area contributed by atoms with E-state index in [4.69, 9.17) is 31.2 Å². The first-order chi connectivity index (χ1) is 15.2. The van der Waals surface area contributed by atoms with Crippen LogP contribution in [-0.2, 0) is 4.74 Å². The molecule has 0 radical (unpaired) electrons. The van der Waals surface area contributed by atoms with Crippen LogP contribution in [0.15, 0.2) is 66.7 Å². The third-order valence-electron chi connectivity index (χ3n) is 5.58. The molecule has 1 aliphatic heterocycles.